The van der Waals surface area contributed by atoms with E-state index < -0.39 is 0 Å². The van der Waals surface area contributed by atoms with Gasteiger partial charge in [0.1, 0.15) is 5.82 Å². The molecule has 1 aliphatic rings. The molecular weight excluding hydrogens is 268 g/mol. The molecule has 1 aromatic heterocycles. The van der Waals surface area contributed by atoms with E-state index in [0.29, 0.717) is 5.95 Å². The normalized spacial score (nSPS) is 19.1. The SMILES string of the molecule is C=CCc1c(C)nc(N)nc1N1CCC[C@@H](CSC)C1. The standard InChI is InChI=1S/C15H24N4S/c1-4-6-13-11(2)17-15(16)18-14(13)19-8-5-7-12(9-19)10-20-3/h4,12H,1,5-10H2,2-3H3,(H2,16,17,18)/t12-/m1/s1. The topological polar surface area (TPSA) is 55.0 Å². The van der Waals surface area contributed by atoms with E-state index in [1.807, 2.05) is 24.8 Å². The molecule has 1 aromatic rings. The zero-order valence-corrected chi connectivity index (χ0v) is 13.2. The van der Waals surface area contributed by atoms with Gasteiger partial charge in [-0.2, -0.15) is 16.7 Å². The fourth-order valence-corrected chi connectivity index (χ4v) is 3.62. The Morgan fingerprint density at radius 1 is 1.50 bits per heavy atom. The number of aryl methyl sites for hydroxylation is 1. The third kappa shape index (κ3) is 3.45. The van der Waals surface area contributed by atoms with Crippen molar-refractivity contribution in [3.8, 4) is 0 Å². The van der Waals surface area contributed by atoms with Crippen molar-refractivity contribution in [2.45, 2.75) is 26.2 Å². The first-order valence-corrected chi connectivity index (χ1v) is 8.52. The fourth-order valence-electron chi connectivity index (χ4n) is 2.88. The van der Waals surface area contributed by atoms with Crippen LogP contribution < -0.4 is 10.6 Å². The van der Waals surface area contributed by atoms with Crippen LogP contribution in [-0.4, -0.2) is 35.1 Å². The second kappa shape index (κ2) is 6.97. The lowest BCUT2D eigenvalue weighted by Crippen LogP contribution is -2.37. The van der Waals surface area contributed by atoms with Crippen LogP contribution in [0.3, 0.4) is 0 Å². The molecular formula is C15H24N4S. The van der Waals surface area contributed by atoms with E-state index in [9.17, 15) is 0 Å². The first-order chi connectivity index (χ1) is 9.65. The van der Waals surface area contributed by atoms with E-state index >= 15 is 0 Å². The molecule has 1 fully saturated rings. The number of aromatic nitrogens is 2. The Kier molecular flexibility index (Phi) is 5.29. The molecule has 0 bridgehead atoms. The Balaban J connectivity index is 2.28. The second-order valence-corrected chi connectivity index (χ2v) is 6.28. The highest BCUT2D eigenvalue weighted by Gasteiger charge is 2.23. The van der Waals surface area contributed by atoms with Gasteiger partial charge in [-0.3, -0.25) is 0 Å². The number of allylic oxidation sites excluding steroid dienone is 1. The van der Waals surface area contributed by atoms with E-state index in [1.165, 1.54) is 24.2 Å². The van der Waals surface area contributed by atoms with E-state index in [2.05, 4.69) is 27.7 Å². The van der Waals surface area contributed by atoms with Gasteiger partial charge in [0, 0.05) is 24.3 Å². The average molecular weight is 292 g/mol. The predicted molar refractivity (Wildman–Crippen MR) is 88.4 cm³/mol. The minimum absolute atomic E-state index is 0.373. The summed E-state index contributed by atoms with van der Waals surface area (Å²) in [4.78, 5) is 11.2. The Hall–Kier alpha value is -1.23. The largest absolute Gasteiger partial charge is 0.368 e. The molecule has 0 unspecified atom stereocenters. The van der Waals surface area contributed by atoms with E-state index in [1.54, 1.807) is 0 Å². The van der Waals surface area contributed by atoms with Crippen LogP contribution >= 0.6 is 11.8 Å². The predicted octanol–water partition coefficient (Wildman–Crippen LogP) is 2.68. The van der Waals surface area contributed by atoms with Crippen molar-refractivity contribution >= 4 is 23.5 Å². The number of nitrogen functional groups attached to an aromatic ring is 1. The summed E-state index contributed by atoms with van der Waals surface area (Å²) in [6.07, 6.45) is 7.42. The first-order valence-electron chi connectivity index (χ1n) is 7.13. The van der Waals surface area contributed by atoms with Crippen molar-refractivity contribution in [3.63, 3.8) is 0 Å². The lowest BCUT2D eigenvalue weighted by molar-refractivity contribution is 0.450. The fraction of sp³-hybridized carbons (Fsp3) is 0.600. The van der Waals surface area contributed by atoms with Gasteiger partial charge in [-0.1, -0.05) is 6.08 Å². The molecule has 0 spiro atoms. The average Bonchev–Trinajstić information content (AvgIpc) is 2.42. The Morgan fingerprint density at radius 2 is 2.30 bits per heavy atom. The van der Waals surface area contributed by atoms with Crippen molar-refractivity contribution in [1.29, 1.82) is 0 Å². The summed E-state index contributed by atoms with van der Waals surface area (Å²) in [6, 6.07) is 0. The molecule has 2 N–H and O–H groups in total. The van der Waals surface area contributed by atoms with Crippen LogP contribution in [0.25, 0.3) is 0 Å². The third-order valence-corrected chi connectivity index (χ3v) is 4.58. The zero-order valence-electron chi connectivity index (χ0n) is 12.4. The van der Waals surface area contributed by atoms with Crippen LogP contribution in [-0.2, 0) is 6.42 Å². The summed E-state index contributed by atoms with van der Waals surface area (Å²) in [7, 11) is 0. The molecule has 5 heteroatoms. The third-order valence-electron chi connectivity index (χ3n) is 3.78. The highest BCUT2D eigenvalue weighted by Crippen LogP contribution is 2.28. The van der Waals surface area contributed by atoms with Gasteiger partial charge >= 0.3 is 0 Å². The second-order valence-electron chi connectivity index (χ2n) is 5.37. The van der Waals surface area contributed by atoms with Gasteiger partial charge in [-0.05, 0) is 44.1 Å². The van der Waals surface area contributed by atoms with Crippen molar-refractivity contribution in [3.05, 3.63) is 23.9 Å². The van der Waals surface area contributed by atoms with Crippen molar-refractivity contribution in [2.24, 2.45) is 5.92 Å². The monoisotopic (exact) mass is 292 g/mol. The summed E-state index contributed by atoms with van der Waals surface area (Å²) in [5.41, 5.74) is 7.98. The van der Waals surface area contributed by atoms with Crippen LogP contribution in [0.4, 0.5) is 11.8 Å². The summed E-state index contributed by atoms with van der Waals surface area (Å²) in [6.45, 7) is 7.98. The lowest BCUT2D eigenvalue weighted by atomic mass is 9.99. The summed E-state index contributed by atoms with van der Waals surface area (Å²) in [5, 5.41) is 0. The highest BCUT2D eigenvalue weighted by atomic mass is 32.2. The highest BCUT2D eigenvalue weighted by molar-refractivity contribution is 7.98. The smallest absolute Gasteiger partial charge is 0.222 e. The van der Waals surface area contributed by atoms with Crippen LogP contribution in [0.1, 0.15) is 24.1 Å². The molecule has 1 atom stereocenters. The van der Waals surface area contributed by atoms with Gasteiger partial charge in [0.25, 0.3) is 0 Å². The quantitative estimate of drug-likeness (QED) is 0.846. The number of piperidine rings is 1. The molecule has 1 saturated heterocycles. The molecule has 1 aliphatic heterocycles. The minimum atomic E-state index is 0.373. The van der Waals surface area contributed by atoms with Crippen LogP contribution in [0, 0.1) is 12.8 Å². The number of thioether (sulfide) groups is 1. The minimum Gasteiger partial charge on any atom is -0.368 e. The molecule has 2 heterocycles. The molecule has 2 rings (SSSR count). The first kappa shape index (κ1) is 15.2. The number of nitrogens with two attached hydrogens (primary N) is 1. The Bertz CT molecular complexity index is 473. The lowest BCUT2D eigenvalue weighted by Gasteiger charge is -2.34. The molecule has 0 amide bonds. The Morgan fingerprint density at radius 3 is 3.00 bits per heavy atom. The van der Waals surface area contributed by atoms with Crippen molar-refractivity contribution in [2.75, 3.05) is 35.7 Å². The van der Waals surface area contributed by atoms with Gasteiger partial charge in [-0.25, -0.2) is 4.98 Å². The maximum absolute atomic E-state index is 5.85. The molecule has 0 radical (unpaired) electrons. The maximum Gasteiger partial charge on any atom is 0.222 e. The van der Waals surface area contributed by atoms with Crippen molar-refractivity contribution in [1.82, 2.24) is 9.97 Å². The number of anilines is 2. The number of hydrogen-bond donors (Lipinski definition) is 1. The van der Waals surface area contributed by atoms with Crippen LogP contribution in [0.5, 0.6) is 0 Å². The summed E-state index contributed by atoms with van der Waals surface area (Å²) < 4.78 is 0. The molecule has 0 aliphatic carbocycles. The zero-order chi connectivity index (χ0) is 14.5. The van der Waals surface area contributed by atoms with Crippen LogP contribution in [0.2, 0.25) is 0 Å². The Labute approximate surface area is 125 Å². The molecule has 0 saturated carbocycles. The van der Waals surface area contributed by atoms with Gasteiger partial charge in [0.15, 0.2) is 0 Å². The van der Waals surface area contributed by atoms with Gasteiger partial charge in [-0.15, -0.1) is 6.58 Å². The molecule has 0 aromatic carbocycles. The van der Waals surface area contributed by atoms with Gasteiger partial charge in [0.2, 0.25) is 5.95 Å². The van der Waals surface area contributed by atoms with E-state index in [0.717, 1.165) is 36.9 Å². The van der Waals surface area contributed by atoms with Crippen LogP contribution in [0.15, 0.2) is 12.7 Å². The number of nitrogens with zero attached hydrogens (tertiary/aromatic N) is 3. The summed E-state index contributed by atoms with van der Waals surface area (Å²) >= 11 is 1.93. The molecule has 20 heavy (non-hydrogen) atoms. The molecule has 110 valence electrons. The molecule has 4 nitrogen and oxygen atoms in total. The number of rotatable bonds is 5. The van der Waals surface area contributed by atoms with E-state index in [-0.39, 0.29) is 0 Å². The van der Waals surface area contributed by atoms with Crippen molar-refractivity contribution < 1.29 is 0 Å². The van der Waals surface area contributed by atoms with E-state index in [4.69, 9.17) is 5.73 Å². The number of hydrogen-bond acceptors (Lipinski definition) is 5. The van der Waals surface area contributed by atoms with Gasteiger partial charge < -0.3 is 10.6 Å². The maximum atomic E-state index is 5.85. The summed E-state index contributed by atoms with van der Waals surface area (Å²) in [5.74, 6) is 3.34. The van der Waals surface area contributed by atoms with Gasteiger partial charge in [0.05, 0.1) is 0 Å².